The molecule has 0 saturated carbocycles. The van der Waals surface area contributed by atoms with E-state index in [1.165, 1.54) is 26.0 Å². The average Bonchev–Trinajstić information content (AvgIpc) is 3.14. The van der Waals surface area contributed by atoms with Gasteiger partial charge in [-0.15, -0.1) is 0 Å². The van der Waals surface area contributed by atoms with Crippen LogP contribution in [0.1, 0.15) is 10.5 Å². The number of benzene rings is 2. The lowest BCUT2D eigenvalue weighted by atomic mass is 10.1. The average molecular weight is 397 g/mol. The summed E-state index contributed by atoms with van der Waals surface area (Å²) in [4.78, 5) is 12.8. The number of rotatable bonds is 7. The zero-order chi connectivity index (χ0) is 21.0. The Kier molecular flexibility index (Phi) is 5.92. The van der Waals surface area contributed by atoms with Gasteiger partial charge in [0.05, 0.1) is 34.1 Å². The van der Waals surface area contributed by atoms with Gasteiger partial charge in [0.2, 0.25) is 5.75 Å². The number of ether oxygens (including phenoxy) is 4. The lowest BCUT2D eigenvalue weighted by molar-refractivity contribution is 0.101. The molecule has 0 aliphatic rings. The van der Waals surface area contributed by atoms with Gasteiger partial charge >= 0.3 is 0 Å². The van der Waals surface area contributed by atoms with Crippen molar-refractivity contribution in [1.82, 2.24) is 9.78 Å². The van der Waals surface area contributed by atoms with E-state index in [-0.39, 0.29) is 5.91 Å². The third kappa shape index (κ3) is 4.11. The van der Waals surface area contributed by atoms with Crippen molar-refractivity contribution >= 4 is 11.6 Å². The largest absolute Gasteiger partial charge is 0.497 e. The van der Waals surface area contributed by atoms with E-state index < -0.39 is 0 Å². The van der Waals surface area contributed by atoms with Gasteiger partial charge in [-0.25, -0.2) is 0 Å². The summed E-state index contributed by atoms with van der Waals surface area (Å²) in [5.74, 6) is 1.80. The normalized spacial score (nSPS) is 10.4. The van der Waals surface area contributed by atoms with E-state index in [4.69, 9.17) is 18.9 Å². The third-order valence-electron chi connectivity index (χ3n) is 4.42. The Labute approximate surface area is 169 Å². The van der Waals surface area contributed by atoms with Crippen LogP contribution in [-0.2, 0) is 7.05 Å². The second kappa shape index (κ2) is 8.55. The first kappa shape index (κ1) is 20.1. The van der Waals surface area contributed by atoms with E-state index in [2.05, 4.69) is 10.4 Å². The summed E-state index contributed by atoms with van der Waals surface area (Å²) in [6.45, 7) is 0. The van der Waals surface area contributed by atoms with Crippen LogP contribution >= 0.6 is 0 Å². The van der Waals surface area contributed by atoms with Crippen LogP contribution in [0.2, 0.25) is 0 Å². The smallest absolute Gasteiger partial charge is 0.273 e. The zero-order valence-electron chi connectivity index (χ0n) is 17.0. The second-order valence-corrected chi connectivity index (χ2v) is 6.14. The van der Waals surface area contributed by atoms with Gasteiger partial charge in [0.15, 0.2) is 11.5 Å². The van der Waals surface area contributed by atoms with Crippen molar-refractivity contribution in [3.63, 3.8) is 0 Å². The van der Waals surface area contributed by atoms with Crippen molar-refractivity contribution in [2.75, 3.05) is 33.8 Å². The van der Waals surface area contributed by atoms with E-state index >= 15 is 0 Å². The highest BCUT2D eigenvalue weighted by Crippen LogP contribution is 2.40. The number of nitrogens with zero attached hydrogens (tertiary/aromatic N) is 2. The lowest BCUT2D eigenvalue weighted by Gasteiger charge is -2.14. The maximum absolute atomic E-state index is 12.8. The molecular formula is C21H23N3O5. The van der Waals surface area contributed by atoms with Crippen LogP contribution in [0.5, 0.6) is 23.0 Å². The van der Waals surface area contributed by atoms with Crippen molar-refractivity contribution in [2.45, 2.75) is 0 Å². The predicted molar refractivity (Wildman–Crippen MR) is 109 cm³/mol. The van der Waals surface area contributed by atoms with Crippen LogP contribution in [0, 0.1) is 0 Å². The van der Waals surface area contributed by atoms with Crippen molar-refractivity contribution in [3.8, 4) is 34.3 Å². The molecule has 29 heavy (non-hydrogen) atoms. The van der Waals surface area contributed by atoms with Crippen molar-refractivity contribution in [1.29, 1.82) is 0 Å². The summed E-state index contributed by atoms with van der Waals surface area (Å²) in [7, 11) is 7.89. The molecule has 2 aromatic carbocycles. The highest BCUT2D eigenvalue weighted by molar-refractivity contribution is 6.04. The molecule has 0 bridgehead atoms. The molecule has 1 N–H and O–H groups in total. The van der Waals surface area contributed by atoms with Crippen LogP contribution in [0.15, 0.2) is 42.5 Å². The van der Waals surface area contributed by atoms with E-state index in [1.54, 1.807) is 32.4 Å². The van der Waals surface area contributed by atoms with Gasteiger partial charge in [-0.05, 0) is 30.3 Å². The Morgan fingerprint density at radius 2 is 1.52 bits per heavy atom. The summed E-state index contributed by atoms with van der Waals surface area (Å²) in [5.41, 5.74) is 2.49. The Morgan fingerprint density at radius 3 is 2.03 bits per heavy atom. The van der Waals surface area contributed by atoms with E-state index in [0.29, 0.717) is 34.3 Å². The maximum Gasteiger partial charge on any atom is 0.273 e. The van der Waals surface area contributed by atoms with E-state index in [9.17, 15) is 4.79 Å². The number of hydrogen-bond donors (Lipinski definition) is 1. The molecule has 8 nitrogen and oxygen atoms in total. The van der Waals surface area contributed by atoms with Gasteiger partial charge < -0.3 is 24.3 Å². The topological polar surface area (TPSA) is 83.8 Å². The molecule has 0 fully saturated rings. The predicted octanol–water partition coefficient (Wildman–Crippen LogP) is 3.37. The van der Waals surface area contributed by atoms with E-state index in [1.807, 2.05) is 24.3 Å². The summed E-state index contributed by atoms with van der Waals surface area (Å²) in [5, 5.41) is 7.29. The molecule has 0 atom stereocenters. The molecule has 3 rings (SSSR count). The van der Waals surface area contributed by atoms with Crippen LogP contribution in [0.3, 0.4) is 0 Å². The van der Waals surface area contributed by atoms with Gasteiger partial charge in [0.25, 0.3) is 5.91 Å². The molecule has 0 saturated heterocycles. The monoisotopic (exact) mass is 397 g/mol. The molecule has 0 spiro atoms. The van der Waals surface area contributed by atoms with Crippen LogP contribution in [0.25, 0.3) is 11.3 Å². The molecule has 0 unspecified atom stereocenters. The molecule has 0 aliphatic heterocycles. The quantitative estimate of drug-likeness (QED) is 0.658. The number of aryl methyl sites for hydroxylation is 1. The van der Waals surface area contributed by atoms with E-state index in [0.717, 1.165) is 11.3 Å². The minimum atomic E-state index is -0.311. The standard InChI is InChI=1S/C21H23N3O5/c1-24-17(12-16(23-24)13-6-8-15(26-2)9-7-13)21(25)22-14-10-18(27-3)20(29-5)19(11-14)28-4/h6-12H,1-5H3,(H,22,25). The number of methoxy groups -OCH3 is 4. The fourth-order valence-corrected chi connectivity index (χ4v) is 2.93. The highest BCUT2D eigenvalue weighted by atomic mass is 16.5. The molecule has 1 aromatic heterocycles. The fourth-order valence-electron chi connectivity index (χ4n) is 2.93. The molecular weight excluding hydrogens is 374 g/mol. The Morgan fingerprint density at radius 1 is 0.897 bits per heavy atom. The SMILES string of the molecule is COc1ccc(-c2cc(C(=O)Nc3cc(OC)c(OC)c(OC)c3)n(C)n2)cc1. The van der Waals surface area contributed by atoms with Crippen LogP contribution in [0.4, 0.5) is 5.69 Å². The number of anilines is 1. The lowest BCUT2D eigenvalue weighted by Crippen LogP contribution is -2.16. The van der Waals surface area contributed by atoms with Gasteiger partial charge in [0.1, 0.15) is 11.4 Å². The number of carbonyl (C=O) groups is 1. The van der Waals surface area contributed by atoms with Gasteiger partial charge in [-0.2, -0.15) is 5.10 Å². The molecule has 152 valence electrons. The molecule has 3 aromatic rings. The Balaban J connectivity index is 1.87. The first-order valence-corrected chi connectivity index (χ1v) is 8.80. The van der Waals surface area contributed by atoms with Crippen molar-refractivity contribution in [3.05, 3.63) is 48.2 Å². The number of nitrogens with one attached hydrogen (secondary N) is 1. The molecule has 8 heteroatoms. The summed E-state index contributed by atoms with van der Waals surface area (Å²) in [6.07, 6.45) is 0. The number of aromatic nitrogens is 2. The molecule has 0 aliphatic carbocycles. The van der Waals surface area contributed by atoms with Crippen molar-refractivity contribution in [2.24, 2.45) is 7.05 Å². The summed E-state index contributed by atoms with van der Waals surface area (Å²) >= 11 is 0. The second-order valence-electron chi connectivity index (χ2n) is 6.14. The first-order valence-electron chi connectivity index (χ1n) is 8.80. The summed E-state index contributed by atoms with van der Waals surface area (Å²) < 4.78 is 22.7. The molecule has 0 radical (unpaired) electrons. The highest BCUT2D eigenvalue weighted by Gasteiger charge is 2.18. The molecule has 1 heterocycles. The number of amides is 1. The van der Waals surface area contributed by atoms with Crippen molar-refractivity contribution < 1.29 is 23.7 Å². The van der Waals surface area contributed by atoms with Gasteiger partial charge in [-0.1, -0.05) is 0 Å². The Bertz CT molecular complexity index is 987. The number of hydrogen-bond acceptors (Lipinski definition) is 6. The Hall–Kier alpha value is -3.68. The summed E-state index contributed by atoms with van der Waals surface area (Å²) in [6, 6.07) is 12.5. The third-order valence-corrected chi connectivity index (χ3v) is 4.42. The van der Waals surface area contributed by atoms with Crippen LogP contribution in [-0.4, -0.2) is 44.1 Å². The van der Waals surface area contributed by atoms with Gasteiger partial charge in [0, 0.05) is 30.4 Å². The molecule has 1 amide bonds. The minimum Gasteiger partial charge on any atom is -0.497 e. The fraction of sp³-hybridized carbons (Fsp3) is 0.238. The first-order chi connectivity index (χ1) is 14.0. The number of carbonyl (C=O) groups excluding carboxylic acids is 1. The van der Waals surface area contributed by atoms with Gasteiger partial charge in [-0.3, -0.25) is 9.48 Å². The maximum atomic E-state index is 12.8. The minimum absolute atomic E-state index is 0.311. The zero-order valence-corrected chi connectivity index (χ0v) is 17.0. The van der Waals surface area contributed by atoms with Crippen LogP contribution < -0.4 is 24.3 Å².